The summed E-state index contributed by atoms with van der Waals surface area (Å²) in [4.78, 5) is 31.9. The highest BCUT2D eigenvalue weighted by atomic mass is 16.5. The second-order valence-corrected chi connectivity index (χ2v) is 4.12. The molecule has 0 saturated carbocycles. The maximum absolute atomic E-state index is 12.0. The molecule has 0 aliphatic carbocycles. The third kappa shape index (κ3) is 3.26. The van der Waals surface area contributed by atoms with Crippen molar-refractivity contribution >= 4 is 11.6 Å². The minimum atomic E-state index is -0.216. The van der Waals surface area contributed by atoms with Gasteiger partial charge in [-0.1, -0.05) is 6.07 Å². The highest BCUT2D eigenvalue weighted by Crippen LogP contribution is 2.17. The van der Waals surface area contributed by atoms with Gasteiger partial charge in [-0.15, -0.1) is 0 Å². The van der Waals surface area contributed by atoms with Gasteiger partial charge in [-0.05, 0) is 24.3 Å². The molecule has 20 heavy (non-hydrogen) atoms. The van der Waals surface area contributed by atoms with Crippen LogP contribution in [0.3, 0.4) is 0 Å². The van der Waals surface area contributed by atoms with Crippen LogP contribution in [0.25, 0.3) is 0 Å². The minimum absolute atomic E-state index is 0.0861. The third-order valence-electron chi connectivity index (χ3n) is 2.78. The first-order valence-corrected chi connectivity index (χ1v) is 6.19. The van der Waals surface area contributed by atoms with E-state index in [1.165, 1.54) is 13.3 Å². The number of nitrogens with zero attached hydrogens (tertiary/aromatic N) is 2. The predicted octanol–water partition coefficient (Wildman–Crippen LogP) is 2.33. The van der Waals surface area contributed by atoms with Crippen LogP contribution in [0, 0.1) is 0 Å². The summed E-state index contributed by atoms with van der Waals surface area (Å²) in [6.45, 7) is 0. The standard InChI is InChI=1S/C15H14N2O3/c1-20-14-6-4-10-17-15(14)13(19)8-7-12(18)11-5-2-3-9-16-11/h2-6,9-10H,7-8H2,1H3. The van der Waals surface area contributed by atoms with E-state index in [-0.39, 0.29) is 30.1 Å². The first-order valence-electron chi connectivity index (χ1n) is 6.19. The van der Waals surface area contributed by atoms with Crippen molar-refractivity contribution in [3.8, 4) is 5.75 Å². The fourth-order valence-corrected chi connectivity index (χ4v) is 1.77. The number of pyridine rings is 2. The number of rotatable bonds is 6. The molecular formula is C15H14N2O3. The molecule has 5 nitrogen and oxygen atoms in total. The molecule has 2 aromatic rings. The lowest BCUT2D eigenvalue weighted by atomic mass is 10.1. The van der Waals surface area contributed by atoms with Crippen molar-refractivity contribution < 1.29 is 14.3 Å². The second-order valence-electron chi connectivity index (χ2n) is 4.12. The lowest BCUT2D eigenvalue weighted by Crippen LogP contribution is -2.09. The van der Waals surface area contributed by atoms with Crippen molar-refractivity contribution in [2.75, 3.05) is 7.11 Å². The van der Waals surface area contributed by atoms with Gasteiger partial charge in [-0.25, -0.2) is 4.98 Å². The molecule has 0 spiro atoms. The molecule has 2 rings (SSSR count). The van der Waals surface area contributed by atoms with Gasteiger partial charge >= 0.3 is 0 Å². The quantitative estimate of drug-likeness (QED) is 0.753. The van der Waals surface area contributed by atoms with Crippen LogP contribution in [0.15, 0.2) is 42.7 Å². The lowest BCUT2D eigenvalue weighted by Gasteiger charge is -2.05. The Kier molecular flexibility index (Phi) is 4.55. The zero-order valence-electron chi connectivity index (χ0n) is 11.1. The first-order chi connectivity index (χ1) is 9.72. The van der Waals surface area contributed by atoms with Crippen molar-refractivity contribution in [2.24, 2.45) is 0 Å². The van der Waals surface area contributed by atoms with Crippen molar-refractivity contribution in [2.45, 2.75) is 12.8 Å². The molecule has 102 valence electrons. The fraction of sp³-hybridized carbons (Fsp3) is 0.200. The van der Waals surface area contributed by atoms with Gasteiger partial charge in [-0.2, -0.15) is 0 Å². The van der Waals surface area contributed by atoms with Gasteiger partial charge in [0.25, 0.3) is 0 Å². The van der Waals surface area contributed by atoms with Gasteiger partial charge in [0.1, 0.15) is 17.1 Å². The molecule has 0 unspecified atom stereocenters. The minimum Gasteiger partial charge on any atom is -0.494 e. The van der Waals surface area contributed by atoms with E-state index in [1.54, 1.807) is 36.5 Å². The number of carbonyl (C=O) groups is 2. The Balaban J connectivity index is 2.01. The Morgan fingerprint density at radius 3 is 2.45 bits per heavy atom. The molecule has 2 aromatic heterocycles. The Labute approximate surface area is 116 Å². The Hall–Kier alpha value is -2.56. The zero-order chi connectivity index (χ0) is 14.4. The number of Topliss-reactive ketones (excluding diaryl/α,β-unsaturated/α-hetero) is 2. The highest BCUT2D eigenvalue weighted by Gasteiger charge is 2.16. The number of ether oxygens (including phenoxy) is 1. The molecular weight excluding hydrogens is 256 g/mol. The van der Waals surface area contributed by atoms with Crippen LogP contribution in [-0.2, 0) is 0 Å². The maximum atomic E-state index is 12.0. The zero-order valence-corrected chi connectivity index (χ0v) is 11.1. The number of carbonyl (C=O) groups excluding carboxylic acids is 2. The van der Waals surface area contributed by atoms with Crippen molar-refractivity contribution in [3.63, 3.8) is 0 Å². The monoisotopic (exact) mass is 270 g/mol. The maximum Gasteiger partial charge on any atom is 0.185 e. The fourth-order valence-electron chi connectivity index (χ4n) is 1.77. The molecule has 0 radical (unpaired) electrons. The average molecular weight is 270 g/mol. The molecule has 0 aliphatic rings. The molecule has 0 N–H and O–H groups in total. The van der Waals surface area contributed by atoms with Gasteiger partial charge < -0.3 is 4.74 Å². The number of hydrogen-bond acceptors (Lipinski definition) is 5. The smallest absolute Gasteiger partial charge is 0.185 e. The van der Waals surface area contributed by atoms with E-state index in [2.05, 4.69) is 9.97 Å². The van der Waals surface area contributed by atoms with Gasteiger partial charge in [0.05, 0.1) is 7.11 Å². The van der Waals surface area contributed by atoms with E-state index < -0.39 is 0 Å². The lowest BCUT2D eigenvalue weighted by molar-refractivity contribution is 0.0910. The summed E-state index contributed by atoms with van der Waals surface area (Å²) in [6, 6.07) is 8.47. The molecule has 0 aromatic carbocycles. The number of aromatic nitrogens is 2. The molecule has 0 amide bonds. The molecule has 0 saturated heterocycles. The van der Waals surface area contributed by atoms with Crippen LogP contribution in [0.5, 0.6) is 5.75 Å². The highest BCUT2D eigenvalue weighted by molar-refractivity contribution is 6.01. The summed E-state index contributed by atoms with van der Waals surface area (Å²) in [5, 5.41) is 0. The summed E-state index contributed by atoms with van der Waals surface area (Å²) in [7, 11) is 1.48. The Morgan fingerprint density at radius 2 is 1.75 bits per heavy atom. The predicted molar refractivity (Wildman–Crippen MR) is 72.9 cm³/mol. The summed E-state index contributed by atoms with van der Waals surface area (Å²) >= 11 is 0. The molecule has 2 heterocycles. The molecule has 0 atom stereocenters. The molecule has 0 bridgehead atoms. The van der Waals surface area contributed by atoms with Crippen LogP contribution < -0.4 is 4.74 Å². The van der Waals surface area contributed by atoms with Crippen molar-refractivity contribution in [1.82, 2.24) is 9.97 Å². The van der Waals surface area contributed by atoms with E-state index in [0.717, 1.165) is 0 Å². The average Bonchev–Trinajstić information content (AvgIpc) is 2.53. The van der Waals surface area contributed by atoms with Crippen molar-refractivity contribution in [3.05, 3.63) is 54.1 Å². The summed E-state index contributed by atoms with van der Waals surface area (Å²) in [5.74, 6) is 0.0448. The summed E-state index contributed by atoms with van der Waals surface area (Å²) in [6.07, 6.45) is 3.27. The van der Waals surface area contributed by atoms with Gasteiger partial charge in [0.2, 0.25) is 0 Å². The summed E-state index contributed by atoms with van der Waals surface area (Å²) < 4.78 is 5.08. The van der Waals surface area contributed by atoms with Crippen LogP contribution in [-0.4, -0.2) is 28.6 Å². The van der Waals surface area contributed by atoms with Crippen LogP contribution >= 0.6 is 0 Å². The van der Waals surface area contributed by atoms with Crippen LogP contribution in [0.1, 0.15) is 33.8 Å². The molecule has 0 aliphatic heterocycles. The van der Waals surface area contributed by atoms with E-state index >= 15 is 0 Å². The van der Waals surface area contributed by atoms with E-state index in [1.807, 2.05) is 0 Å². The normalized spacial score (nSPS) is 10.1. The molecule has 0 fully saturated rings. The Bertz CT molecular complexity index is 612. The second kappa shape index (κ2) is 6.56. The Morgan fingerprint density at radius 1 is 1.00 bits per heavy atom. The molecule has 5 heteroatoms. The van der Waals surface area contributed by atoms with Crippen LogP contribution in [0.2, 0.25) is 0 Å². The van der Waals surface area contributed by atoms with E-state index in [0.29, 0.717) is 11.4 Å². The SMILES string of the molecule is COc1cccnc1C(=O)CCC(=O)c1ccccn1. The van der Waals surface area contributed by atoms with Crippen molar-refractivity contribution in [1.29, 1.82) is 0 Å². The van der Waals surface area contributed by atoms with E-state index in [9.17, 15) is 9.59 Å². The third-order valence-corrected chi connectivity index (χ3v) is 2.78. The number of methoxy groups -OCH3 is 1. The summed E-state index contributed by atoms with van der Waals surface area (Å²) in [5.41, 5.74) is 0.622. The van der Waals surface area contributed by atoms with Gasteiger partial charge in [-0.3, -0.25) is 14.6 Å². The van der Waals surface area contributed by atoms with E-state index in [4.69, 9.17) is 4.74 Å². The van der Waals surface area contributed by atoms with Gasteiger partial charge in [0.15, 0.2) is 11.6 Å². The van der Waals surface area contributed by atoms with Gasteiger partial charge in [0, 0.05) is 25.2 Å². The largest absolute Gasteiger partial charge is 0.494 e. The number of hydrogen-bond donors (Lipinski definition) is 0. The number of ketones is 2. The first kappa shape index (κ1) is 13.9. The topological polar surface area (TPSA) is 69.2 Å². The van der Waals surface area contributed by atoms with Crippen LogP contribution in [0.4, 0.5) is 0 Å².